The highest BCUT2D eigenvalue weighted by Crippen LogP contribution is 2.22. The van der Waals surface area contributed by atoms with Gasteiger partial charge in [0.15, 0.2) is 0 Å². The third-order valence-corrected chi connectivity index (χ3v) is 2.68. The Bertz CT molecular complexity index is 601. The Hall–Kier alpha value is -1.89. The van der Waals surface area contributed by atoms with Crippen LogP contribution >= 0.6 is 12.4 Å². The number of nitrogens with one attached hydrogen (secondary N) is 1. The van der Waals surface area contributed by atoms with E-state index in [1.54, 1.807) is 18.3 Å². The molecule has 114 valence electrons. The van der Waals surface area contributed by atoms with E-state index in [0.717, 1.165) is 11.3 Å². The zero-order chi connectivity index (χ0) is 14.5. The monoisotopic (exact) mass is 311 g/mol. The van der Waals surface area contributed by atoms with Gasteiger partial charge in [-0.05, 0) is 25.1 Å². The summed E-state index contributed by atoms with van der Waals surface area (Å²) in [5.74, 6) is 0.948. The molecule has 0 spiro atoms. The number of ether oxygens (including phenoxy) is 1. The first kappa shape index (κ1) is 17.2. The van der Waals surface area contributed by atoms with E-state index >= 15 is 0 Å². The fourth-order valence-electron chi connectivity index (χ4n) is 1.71. The number of halogens is 1. The molecule has 0 aliphatic rings. The minimum atomic E-state index is -0.701. The van der Waals surface area contributed by atoms with Gasteiger partial charge in [-0.2, -0.15) is 0 Å². The normalized spacial score (nSPS) is 11.6. The van der Waals surface area contributed by atoms with E-state index in [9.17, 15) is 4.79 Å². The minimum absolute atomic E-state index is 0. The summed E-state index contributed by atoms with van der Waals surface area (Å²) in [5.41, 5.74) is 7.08. The summed E-state index contributed by atoms with van der Waals surface area (Å²) in [7, 11) is 1.50. The SMILES string of the molecule is COCC(N)C(=O)Nc1cccc(-c2ncc(C)o2)c1.Cl. The van der Waals surface area contributed by atoms with Gasteiger partial charge < -0.3 is 20.2 Å². The molecule has 1 atom stereocenters. The van der Waals surface area contributed by atoms with Crippen molar-refractivity contribution in [3.8, 4) is 11.5 Å². The van der Waals surface area contributed by atoms with E-state index in [1.807, 2.05) is 19.1 Å². The second-order valence-corrected chi connectivity index (χ2v) is 4.41. The van der Waals surface area contributed by atoms with E-state index in [4.69, 9.17) is 14.9 Å². The van der Waals surface area contributed by atoms with Crippen LogP contribution in [0.3, 0.4) is 0 Å². The number of carbonyl (C=O) groups is 1. The van der Waals surface area contributed by atoms with E-state index in [0.29, 0.717) is 11.6 Å². The first-order valence-corrected chi connectivity index (χ1v) is 6.18. The van der Waals surface area contributed by atoms with Crippen LogP contribution in [0.15, 0.2) is 34.9 Å². The molecule has 0 aliphatic heterocycles. The first-order chi connectivity index (χ1) is 9.60. The van der Waals surface area contributed by atoms with E-state index in [1.165, 1.54) is 7.11 Å². The van der Waals surface area contributed by atoms with Gasteiger partial charge in [-0.3, -0.25) is 4.79 Å². The molecule has 2 rings (SSSR count). The third-order valence-electron chi connectivity index (χ3n) is 2.68. The molecule has 0 bridgehead atoms. The van der Waals surface area contributed by atoms with Crippen LogP contribution in [0.25, 0.3) is 11.5 Å². The summed E-state index contributed by atoms with van der Waals surface area (Å²) in [5, 5.41) is 2.73. The van der Waals surface area contributed by atoms with Crippen molar-refractivity contribution in [2.24, 2.45) is 5.73 Å². The van der Waals surface area contributed by atoms with Gasteiger partial charge in [-0.15, -0.1) is 12.4 Å². The van der Waals surface area contributed by atoms with Gasteiger partial charge in [-0.1, -0.05) is 6.07 Å². The number of rotatable bonds is 5. The van der Waals surface area contributed by atoms with Crippen molar-refractivity contribution in [1.82, 2.24) is 4.98 Å². The van der Waals surface area contributed by atoms with Crippen LogP contribution in [0.4, 0.5) is 5.69 Å². The summed E-state index contributed by atoms with van der Waals surface area (Å²) in [6.45, 7) is 2.00. The van der Waals surface area contributed by atoms with Gasteiger partial charge in [0.25, 0.3) is 0 Å². The van der Waals surface area contributed by atoms with E-state index < -0.39 is 6.04 Å². The van der Waals surface area contributed by atoms with Crippen LogP contribution in [0.5, 0.6) is 0 Å². The number of amides is 1. The molecular formula is C14H18ClN3O3. The van der Waals surface area contributed by atoms with Crippen LogP contribution in [0.1, 0.15) is 5.76 Å². The Morgan fingerprint density at radius 3 is 2.90 bits per heavy atom. The molecule has 7 heteroatoms. The van der Waals surface area contributed by atoms with Crippen LogP contribution in [0, 0.1) is 6.92 Å². The predicted octanol–water partition coefficient (Wildman–Crippen LogP) is 1.98. The lowest BCUT2D eigenvalue weighted by atomic mass is 10.2. The molecule has 0 radical (unpaired) electrons. The number of methoxy groups -OCH3 is 1. The maximum Gasteiger partial charge on any atom is 0.243 e. The average Bonchev–Trinajstić information content (AvgIpc) is 2.86. The Balaban J connectivity index is 0.00000220. The fourth-order valence-corrected chi connectivity index (χ4v) is 1.71. The molecule has 2 aromatic rings. The van der Waals surface area contributed by atoms with Gasteiger partial charge >= 0.3 is 0 Å². The topological polar surface area (TPSA) is 90.4 Å². The lowest BCUT2D eigenvalue weighted by molar-refractivity contribution is -0.118. The highest BCUT2D eigenvalue weighted by Gasteiger charge is 2.13. The zero-order valence-corrected chi connectivity index (χ0v) is 12.6. The Morgan fingerprint density at radius 1 is 1.52 bits per heavy atom. The van der Waals surface area contributed by atoms with Gasteiger partial charge in [-0.25, -0.2) is 4.98 Å². The van der Waals surface area contributed by atoms with Crippen LogP contribution in [-0.4, -0.2) is 30.6 Å². The molecule has 1 aromatic carbocycles. The van der Waals surface area contributed by atoms with Crippen molar-refractivity contribution in [1.29, 1.82) is 0 Å². The number of carbonyl (C=O) groups excluding carboxylic acids is 1. The molecule has 6 nitrogen and oxygen atoms in total. The van der Waals surface area contributed by atoms with Gasteiger partial charge in [0.1, 0.15) is 11.8 Å². The molecule has 21 heavy (non-hydrogen) atoms. The number of hydrogen-bond donors (Lipinski definition) is 2. The highest BCUT2D eigenvalue weighted by molar-refractivity contribution is 5.95. The van der Waals surface area contributed by atoms with Crippen LogP contribution in [0.2, 0.25) is 0 Å². The highest BCUT2D eigenvalue weighted by atomic mass is 35.5. The molecule has 0 saturated carbocycles. The molecule has 1 unspecified atom stereocenters. The largest absolute Gasteiger partial charge is 0.441 e. The van der Waals surface area contributed by atoms with E-state index in [-0.39, 0.29) is 24.9 Å². The van der Waals surface area contributed by atoms with Crippen molar-refractivity contribution < 1.29 is 13.9 Å². The predicted molar refractivity (Wildman–Crippen MR) is 82.4 cm³/mol. The van der Waals surface area contributed by atoms with Crippen molar-refractivity contribution in [2.45, 2.75) is 13.0 Å². The Labute approximate surface area is 129 Å². The summed E-state index contributed by atoms with van der Waals surface area (Å²) in [4.78, 5) is 15.9. The first-order valence-electron chi connectivity index (χ1n) is 6.18. The second-order valence-electron chi connectivity index (χ2n) is 4.41. The summed E-state index contributed by atoms with van der Waals surface area (Å²) in [6.07, 6.45) is 1.65. The quantitative estimate of drug-likeness (QED) is 0.881. The van der Waals surface area contributed by atoms with Gasteiger partial charge in [0.05, 0.1) is 12.8 Å². The maximum atomic E-state index is 11.8. The minimum Gasteiger partial charge on any atom is -0.441 e. The Morgan fingerprint density at radius 2 is 2.29 bits per heavy atom. The van der Waals surface area contributed by atoms with Crippen molar-refractivity contribution >= 4 is 24.0 Å². The number of benzene rings is 1. The maximum absolute atomic E-state index is 11.8. The Kier molecular flexibility index (Phi) is 6.36. The van der Waals surface area contributed by atoms with E-state index in [2.05, 4.69) is 10.3 Å². The number of anilines is 1. The number of aryl methyl sites for hydroxylation is 1. The molecule has 0 saturated heterocycles. The molecule has 1 heterocycles. The van der Waals surface area contributed by atoms with Crippen molar-refractivity contribution in [3.05, 3.63) is 36.2 Å². The smallest absolute Gasteiger partial charge is 0.243 e. The zero-order valence-electron chi connectivity index (χ0n) is 11.8. The van der Waals surface area contributed by atoms with Gasteiger partial charge in [0.2, 0.25) is 11.8 Å². The summed E-state index contributed by atoms with van der Waals surface area (Å²) in [6, 6.07) is 6.52. The lowest BCUT2D eigenvalue weighted by Gasteiger charge is -2.11. The molecule has 0 aliphatic carbocycles. The molecule has 1 amide bonds. The fraction of sp³-hybridized carbons (Fsp3) is 0.286. The molecule has 3 N–H and O–H groups in total. The number of aromatic nitrogens is 1. The summed E-state index contributed by atoms with van der Waals surface area (Å²) < 4.78 is 10.3. The van der Waals surface area contributed by atoms with Crippen LogP contribution in [-0.2, 0) is 9.53 Å². The molecule has 0 fully saturated rings. The second kappa shape index (κ2) is 7.78. The number of hydrogen-bond acceptors (Lipinski definition) is 5. The number of nitrogens with two attached hydrogens (primary N) is 1. The summed E-state index contributed by atoms with van der Waals surface area (Å²) >= 11 is 0. The van der Waals surface area contributed by atoms with Gasteiger partial charge in [0, 0.05) is 18.4 Å². The molecular weight excluding hydrogens is 294 g/mol. The van der Waals surface area contributed by atoms with Crippen molar-refractivity contribution in [3.63, 3.8) is 0 Å². The lowest BCUT2D eigenvalue weighted by Crippen LogP contribution is -2.39. The standard InChI is InChI=1S/C14H17N3O3.ClH/c1-9-7-16-14(20-9)10-4-3-5-11(6-10)17-13(18)12(15)8-19-2;/h3-7,12H,8,15H2,1-2H3,(H,17,18);1H. The number of oxazole rings is 1. The third kappa shape index (κ3) is 4.56. The molecule has 1 aromatic heterocycles. The number of nitrogens with zero attached hydrogens (tertiary/aromatic N) is 1. The average molecular weight is 312 g/mol. The van der Waals surface area contributed by atoms with Crippen LogP contribution < -0.4 is 11.1 Å². The van der Waals surface area contributed by atoms with Crippen molar-refractivity contribution in [2.75, 3.05) is 19.0 Å².